The molecule has 270 valence electrons. The van der Waals surface area contributed by atoms with E-state index in [1.165, 1.54) is 43.8 Å². The van der Waals surface area contributed by atoms with Crippen molar-refractivity contribution in [1.82, 2.24) is 19.1 Å². The van der Waals surface area contributed by atoms with Gasteiger partial charge in [0.1, 0.15) is 22.3 Å². The minimum atomic E-state index is 0.844. The number of aromatic nitrogens is 4. The van der Waals surface area contributed by atoms with Crippen molar-refractivity contribution in [2.45, 2.75) is 0 Å². The van der Waals surface area contributed by atoms with E-state index in [4.69, 9.17) is 8.83 Å². The molecule has 0 aliphatic carbocycles. The van der Waals surface area contributed by atoms with Crippen LogP contribution in [0.15, 0.2) is 191 Å². The maximum absolute atomic E-state index is 6.15. The van der Waals surface area contributed by atoms with E-state index >= 15 is 0 Å². The van der Waals surface area contributed by atoms with Crippen molar-refractivity contribution < 1.29 is 8.83 Å². The maximum atomic E-state index is 6.15. The normalized spacial score (nSPS) is 12.1. The lowest BCUT2D eigenvalue weighted by atomic mass is 9.93. The summed E-state index contributed by atoms with van der Waals surface area (Å²) in [6.07, 6.45) is 7.32. The second-order valence-corrected chi connectivity index (χ2v) is 15.0. The Labute approximate surface area is 330 Å². The number of para-hydroxylation sites is 2. The summed E-state index contributed by atoms with van der Waals surface area (Å²) < 4.78 is 17.0. The topological polar surface area (TPSA) is 61.9 Å². The summed E-state index contributed by atoms with van der Waals surface area (Å²) in [5.74, 6) is 0. The first-order valence-electron chi connectivity index (χ1n) is 19.4. The van der Waals surface area contributed by atoms with E-state index in [9.17, 15) is 0 Å². The molecule has 0 unspecified atom stereocenters. The van der Waals surface area contributed by atoms with Gasteiger partial charge in [-0.2, -0.15) is 0 Å². The third kappa shape index (κ3) is 4.42. The molecule has 0 radical (unpaired) electrons. The molecular formula is C52H30N4O2. The monoisotopic (exact) mass is 742 g/mol. The first kappa shape index (κ1) is 31.3. The van der Waals surface area contributed by atoms with Gasteiger partial charge < -0.3 is 18.0 Å². The minimum absolute atomic E-state index is 0.844. The maximum Gasteiger partial charge on any atom is 0.138 e. The molecule has 0 saturated heterocycles. The zero-order valence-electron chi connectivity index (χ0n) is 30.9. The van der Waals surface area contributed by atoms with Crippen LogP contribution in [0.1, 0.15) is 0 Å². The smallest absolute Gasteiger partial charge is 0.138 e. The van der Waals surface area contributed by atoms with E-state index < -0.39 is 0 Å². The van der Waals surface area contributed by atoms with Gasteiger partial charge in [-0.25, -0.2) is 0 Å². The molecule has 0 amide bonds. The first-order chi connectivity index (χ1) is 28.7. The molecule has 0 spiro atoms. The van der Waals surface area contributed by atoms with Gasteiger partial charge >= 0.3 is 0 Å². The SMILES string of the molecule is c1ccc(-c2ccc3c(c2)c2ccccc2n3-c2ccc3oc4ccncc4c3c2)c(-c2ccc3c(c2)c2ccccc2n3-c2ccc3oc4ccncc4c3c2)c1. The fourth-order valence-electron chi connectivity index (χ4n) is 9.32. The Morgan fingerprint density at radius 1 is 0.328 bits per heavy atom. The van der Waals surface area contributed by atoms with Crippen LogP contribution in [0.5, 0.6) is 0 Å². The molecule has 6 heterocycles. The predicted octanol–water partition coefficient (Wildman–Crippen LogP) is 13.8. The van der Waals surface area contributed by atoms with E-state index in [1.54, 1.807) is 12.4 Å². The molecule has 7 aromatic carbocycles. The van der Waals surface area contributed by atoms with E-state index in [1.807, 2.05) is 24.5 Å². The van der Waals surface area contributed by atoms with Gasteiger partial charge in [-0.05, 0) is 107 Å². The molecule has 13 rings (SSSR count). The summed E-state index contributed by atoms with van der Waals surface area (Å²) in [6.45, 7) is 0. The van der Waals surface area contributed by atoms with Crippen LogP contribution in [0.2, 0.25) is 0 Å². The number of pyridine rings is 2. The highest BCUT2D eigenvalue weighted by Crippen LogP contribution is 2.42. The minimum Gasteiger partial charge on any atom is -0.456 e. The third-order valence-electron chi connectivity index (χ3n) is 11.9. The summed E-state index contributed by atoms with van der Waals surface area (Å²) in [4.78, 5) is 8.76. The van der Waals surface area contributed by atoms with E-state index in [0.29, 0.717) is 0 Å². The van der Waals surface area contributed by atoms with Crippen molar-refractivity contribution in [2.24, 2.45) is 0 Å². The first-order valence-corrected chi connectivity index (χ1v) is 19.4. The molecule has 0 aliphatic heterocycles. The van der Waals surface area contributed by atoms with Gasteiger partial charge in [0.25, 0.3) is 0 Å². The van der Waals surface area contributed by atoms with Gasteiger partial charge in [-0.3, -0.25) is 9.97 Å². The fourth-order valence-corrected chi connectivity index (χ4v) is 9.32. The number of rotatable bonds is 4. The Bertz CT molecular complexity index is 3570. The molecule has 0 fully saturated rings. The lowest BCUT2D eigenvalue weighted by Gasteiger charge is -2.12. The van der Waals surface area contributed by atoms with Gasteiger partial charge in [-0.1, -0.05) is 72.8 Å². The van der Waals surface area contributed by atoms with E-state index in [0.717, 1.165) is 77.3 Å². The van der Waals surface area contributed by atoms with Crippen LogP contribution in [0.25, 0.3) is 121 Å². The molecule has 6 aromatic heterocycles. The van der Waals surface area contributed by atoms with E-state index in [-0.39, 0.29) is 0 Å². The number of hydrogen-bond acceptors (Lipinski definition) is 4. The van der Waals surface area contributed by atoms with Crippen molar-refractivity contribution >= 4 is 87.5 Å². The summed E-state index contributed by atoms with van der Waals surface area (Å²) in [5.41, 5.74) is 14.9. The molecule has 0 atom stereocenters. The Morgan fingerprint density at radius 3 is 1.26 bits per heavy atom. The molecule has 0 saturated carbocycles. The Balaban J connectivity index is 0.963. The van der Waals surface area contributed by atoms with Crippen LogP contribution in [-0.4, -0.2) is 19.1 Å². The molecule has 0 bridgehead atoms. The zero-order chi connectivity index (χ0) is 37.9. The van der Waals surface area contributed by atoms with Crippen molar-refractivity contribution in [3.63, 3.8) is 0 Å². The van der Waals surface area contributed by atoms with Gasteiger partial charge in [0.2, 0.25) is 0 Å². The highest BCUT2D eigenvalue weighted by Gasteiger charge is 2.19. The Morgan fingerprint density at radius 2 is 0.759 bits per heavy atom. The van der Waals surface area contributed by atoms with Crippen LogP contribution in [0.4, 0.5) is 0 Å². The molecule has 0 aliphatic rings. The molecule has 6 heteroatoms. The molecule has 58 heavy (non-hydrogen) atoms. The van der Waals surface area contributed by atoms with Crippen LogP contribution in [0.3, 0.4) is 0 Å². The van der Waals surface area contributed by atoms with Gasteiger partial charge in [0.05, 0.1) is 22.1 Å². The van der Waals surface area contributed by atoms with Gasteiger partial charge in [-0.15, -0.1) is 0 Å². The number of furan rings is 2. The second-order valence-electron chi connectivity index (χ2n) is 15.0. The molecule has 6 nitrogen and oxygen atoms in total. The predicted molar refractivity (Wildman–Crippen MR) is 236 cm³/mol. The van der Waals surface area contributed by atoms with Crippen LogP contribution in [-0.2, 0) is 0 Å². The second kappa shape index (κ2) is 11.8. The standard InChI is InChI=1S/C52H30N4O2/c1-2-8-36(32-14-18-48-40(26-32)38-10-4-6-12-46(38)56(48)34-16-20-50-42(28-34)44-30-54-24-22-52(44)58-50)35(7-1)31-13-17-47-39(25-31)37-9-3-5-11-45(37)55(47)33-15-19-49-41(27-33)43-29-53-23-21-51(43)57-49/h1-30H. The average molecular weight is 743 g/mol. The lowest BCUT2D eigenvalue weighted by molar-refractivity contribution is 0.668. The van der Waals surface area contributed by atoms with Crippen molar-refractivity contribution in [3.05, 3.63) is 183 Å². The van der Waals surface area contributed by atoms with Crippen LogP contribution < -0.4 is 0 Å². The number of nitrogens with zero attached hydrogens (tertiary/aromatic N) is 4. The number of hydrogen-bond donors (Lipinski definition) is 0. The fraction of sp³-hybridized carbons (Fsp3) is 0. The van der Waals surface area contributed by atoms with Crippen LogP contribution >= 0.6 is 0 Å². The van der Waals surface area contributed by atoms with E-state index in [2.05, 4.69) is 165 Å². The summed E-state index contributed by atoms with van der Waals surface area (Å²) >= 11 is 0. The highest BCUT2D eigenvalue weighted by molar-refractivity contribution is 6.14. The Kier molecular flexibility index (Phi) is 6.35. The summed E-state index contributed by atoms with van der Waals surface area (Å²) in [5, 5.41) is 8.99. The summed E-state index contributed by atoms with van der Waals surface area (Å²) in [7, 11) is 0. The summed E-state index contributed by atoms with van der Waals surface area (Å²) in [6, 6.07) is 56.7. The highest BCUT2D eigenvalue weighted by atomic mass is 16.3. The van der Waals surface area contributed by atoms with Crippen molar-refractivity contribution in [2.75, 3.05) is 0 Å². The Hall–Kier alpha value is -7.96. The number of benzene rings is 7. The number of fused-ring (bicyclic) bond motifs is 12. The largest absolute Gasteiger partial charge is 0.456 e. The average Bonchev–Trinajstić information content (AvgIpc) is 4.03. The van der Waals surface area contributed by atoms with Gasteiger partial charge in [0, 0.05) is 79.3 Å². The van der Waals surface area contributed by atoms with Gasteiger partial charge in [0.15, 0.2) is 0 Å². The van der Waals surface area contributed by atoms with Crippen molar-refractivity contribution in [3.8, 4) is 33.6 Å². The lowest BCUT2D eigenvalue weighted by Crippen LogP contribution is -1.94. The van der Waals surface area contributed by atoms with Crippen molar-refractivity contribution in [1.29, 1.82) is 0 Å². The zero-order valence-corrected chi connectivity index (χ0v) is 30.9. The molecule has 0 N–H and O–H groups in total. The quantitative estimate of drug-likeness (QED) is 0.180. The molecule has 13 aromatic rings. The molecular weight excluding hydrogens is 713 g/mol. The third-order valence-corrected chi connectivity index (χ3v) is 11.9. The van der Waals surface area contributed by atoms with Crippen LogP contribution in [0, 0.1) is 0 Å².